The Balaban J connectivity index is 0.00000161. The molecule has 0 atom stereocenters. The Kier molecular flexibility index (Phi) is 5.38. The SMILES string of the molecule is CN(C(N)=NCCOc1ccc2c(c1)OCO2)C1CC1.I. The van der Waals surface area contributed by atoms with E-state index in [0.29, 0.717) is 25.2 Å². The molecule has 1 aliphatic carbocycles. The van der Waals surface area contributed by atoms with Crippen molar-refractivity contribution < 1.29 is 14.2 Å². The quantitative estimate of drug-likeness (QED) is 0.350. The van der Waals surface area contributed by atoms with Crippen molar-refractivity contribution in [2.24, 2.45) is 10.7 Å². The lowest BCUT2D eigenvalue weighted by Crippen LogP contribution is -2.36. The molecule has 1 aromatic carbocycles. The van der Waals surface area contributed by atoms with E-state index < -0.39 is 0 Å². The van der Waals surface area contributed by atoms with E-state index >= 15 is 0 Å². The van der Waals surface area contributed by atoms with Crippen LogP contribution >= 0.6 is 24.0 Å². The van der Waals surface area contributed by atoms with Gasteiger partial charge in [0.15, 0.2) is 17.5 Å². The maximum absolute atomic E-state index is 5.90. The molecule has 0 bridgehead atoms. The van der Waals surface area contributed by atoms with Gasteiger partial charge in [-0.1, -0.05) is 0 Å². The average molecular weight is 405 g/mol. The van der Waals surface area contributed by atoms with E-state index in [1.807, 2.05) is 30.1 Å². The second-order valence-electron chi connectivity index (χ2n) is 4.95. The van der Waals surface area contributed by atoms with E-state index in [0.717, 1.165) is 17.2 Å². The van der Waals surface area contributed by atoms with Crippen molar-refractivity contribution in [3.05, 3.63) is 18.2 Å². The molecule has 3 rings (SSSR count). The first-order chi connectivity index (χ1) is 9.74. The molecule has 0 amide bonds. The average Bonchev–Trinajstić information content (AvgIpc) is 3.20. The molecule has 0 aromatic heterocycles. The summed E-state index contributed by atoms with van der Waals surface area (Å²) in [5.74, 6) is 2.81. The number of hydrogen-bond donors (Lipinski definition) is 1. The number of halogens is 1. The van der Waals surface area contributed by atoms with E-state index in [-0.39, 0.29) is 30.8 Å². The zero-order valence-corrected chi connectivity index (χ0v) is 14.3. The van der Waals surface area contributed by atoms with Crippen LogP contribution in [0.5, 0.6) is 17.2 Å². The van der Waals surface area contributed by atoms with Gasteiger partial charge in [-0.15, -0.1) is 24.0 Å². The second kappa shape index (κ2) is 7.06. The van der Waals surface area contributed by atoms with Gasteiger partial charge in [-0.3, -0.25) is 0 Å². The first kappa shape index (κ1) is 16.0. The Bertz CT molecular complexity index is 520. The summed E-state index contributed by atoms with van der Waals surface area (Å²) in [5.41, 5.74) is 5.90. The lowest BCUT2D eigenvalue weighted by atomic mass is 10.3. The summed E-state index contributed by atoms with van der Waals surface area (Å²) in [7, 11) is 1.98. The van der Waals surface area contributed by atoms with Crippen LogP contribution in [0.15, 0.2) is 23.2 Å². The zero-order chi connectivity index (χ0) is 13.9. The third-order valence-corrected chi connectivity index (χ3v) is 3.43. The van der Waals surface area contributed by atoms with Gasteiger partial charge < -0.3 is 24.8 Å². The number of aliphatic imine (C=N–C) groups is 1. The van der Waals surface area contributed by atoms with Crippen LogP contribution in [-0.4, -0.2) is 43.9 Å². The van der Waals surface area contributed by atoms with Gasteiger partial charge in [0.05, 0.1) is 6.54 Å². The first-order valence-corrected chi connectivity index (χ1v) is 6.79. The van der Waals surface area contributed by atoms with Gasteiger partial charge in [-0.2, -0.15) is 0 Å². The summed E-state index contributed by atoms with van der Waals surface area (Å²) in [6.07, 6.45) is 2.42. The molecule has 2 N–H and O–H groups in total. The van der Waals surface area contributed by atoms with E-state index in [2.05, 4.69) is 4.99 Å². The molecule has 1 heterocycles. The minimum Gasteiger partial charge on any atom is -0.492 e. The monoisotopic (exact) mass is 405 g/mol. The van der Waals surface area contributed by atoms with Crippen LogP contribution in [0.2, 0.25) is 0 Å². The molecule has 2 aliphatic rings. The number of nitrogens with two attached hydrogens (primary N) is 1. The van der Waals surface area contributed by atoms with Crippen LogP contribution in [0.3, 0.4) is 0 Å². The molecule has 0 unspecified atom stereocenters. The van der Waals surface area contributed by atoms with Crippen LogP contribution in [0.25, 0.3) is 0 Å². The number of benzene rings is 1. The molecule has 21 heavy (non-hydrogen) atoms. The number of rotatable bonds is 5. The van der Waals surface area contributed by atoms with Gasteiger partial charge in [-0.05, 0) is 25.0 Å². The van der Waals surface area contributed by atoms with Crippen molar-refractivity contribution in [1.29, 1.82) is 0 Å². The van der Waals surface area contributed by atoms with Crippen LogP contribution in [0, 0.1) is 0 Å². The standard InChI is InChI=1S/C14H19N3O3.HI/c1-17(10-2-3-10)14(15)16-6-7-18-11-4-5-12-13(8-11)20-9-19-12;/h4-5,8,10H,2-3,6-7,9H2,1H3,(H2,15,16);1H. The summed E-state index contributed by atoms with van der Waals surface area (Å²) in [6, 6.07) is 6.10. The van der Waals surface area contributed by atoms with Gasteiger partial charge in [0.1, 0.15) is 12.4 Å². The van der Waals surface area contributed by atoms with Crippen LogP contribution in [0.1, 0.15) is 12.8 Å². The highest BCUT2D eigenvalue weighted by Crippen LogP contribution is 2.35. The van der Waals surface area contributed by atoms with Crippen molar-refractivity contribution in [3.8, 4) is 17.2 Å². The fraction of sp³-hybridized carbons (Fsp3) is 0.500. The molecule has 6 nitrogen and oxygen atoms in total. The first-order valence-electron chi connectivity index (χ1n) is 6.79. The largest absolute Gasteiger partial charge is 0.492 e. The summed E-state index contributed by atoms with van der Waals surface area (Å²) in [6.45, 7) is 1.29. The predicted octanol–water partition coefficient (Wildman–Crippen LogP) is 1.82. The maximum Gasteiger partial charge on any atom is 0.231 e. The highest BCUT2D eigenvalue weighted by Gasteiger charge is 2.27. The third kappa shape index (κ3) is 4.05. The topological polar surface area (TPSA) is 69.3 Å². The van der Waals surface area contributed by atoms with Crippen molar-refractivity contribution in [2.75, 3.05) is 27.0 Å². The molecule has 116 valence electrons. The molecular formula is C14H20IN3O3. The Morgan fingerprint density at radius 3 is 2.90 bits per heavy atom. The molecule has 1 fully saturated rings. The summed E-state index contributed by atoms with van der Waals surface area (Å²) in [4.78, 5) is 6.34. The van der Waals surface area contributed by atoms with Gasteiger partial charge >= 0.3 is 0 Å². The number of ether oxygens (including phenoxy) is 3. The van der Waals surface area contributed by atoms with Crippen molar-refractivity contribution >= 4 is 29.9 Å². The lowest BCUT2D eigenvalue weighted by Gasteiger charge is -2.16. The van der Waals surface area contributed by atoms with E-state index in [9.17, 15) is 0 Å². The van der Waals surface area contributed by atoms with Crippen LogP contribution in [-0.2, 0) is 0 Å². The molecule has 1 aromatic rings. The maximum atomic E-state index is 5.90. The molecular weight excluding hydrogens is 385 g/mol. The molecule has 0 spiro atoms. The second-order valence-corrected chi connectivity index (χ2v) is 4.95. The van der Waals surface area contributed by atoms with Gasteiger partial charge in [0, 0.05) is 19.2 Å². The van der Waals surface area contributed by atoms with Gasteiger partial charge in [0.25, 0.3) is 0 Å². The number of nitrogens with zero attached hydrogens (tertiary/aromatic N) is 2. The smallest absolute Gasteiger partial charge is 0.231 e. The van der Waals surface area contributed by atoms with Gasteiger partial charge in [-0.25, -0.2) is 4.99 Å². The Morgan fingerprint density at radius 2 is 2.14 bits per heavy atom. The summed E-state index contributed by atoms with van der Waals surface area (Å²) < 4.78 is 16.2. The number of hydrogen-bond acceptors (Lipinski definition) is 4. The fourth-order valence-corrected chi connectivity index (χ4v) is 2.05. The van der Waals surface area contributed by atoms with Gasteiger partial charge in [0.2, 0.25) is 6.79 Å². The lowest BCUT2D eigenvalue weighted by molar-refractivity contribution is 0.174. The van der Waals surface area contributed by atoms with Crippen LogP contribution < -0.4 is 19.9 Å². The van der Waals surface area contributed by atoms with Crippen molar-refractivity contribution in [3.63, 3.8) is 0 Å². The summed E-state index contributed by atoms with van der Waals surface area (Å²) in [5, 5.41) is 0. The molecule has 0 saturated heterocycles. The Labute approximate surface area is 141 Å². The number of guanidine groups is 1. The predicted molar refractivity (Wildman–Crippen MR) is 90.7 cm³/mol. The Morgan fingerprint density at radius 1 is 1.38 bits per heavy atom. The minimum atomic E-state index is 0. The fourth-order valence-electron chi connectivity index (χ4n) is 2.05. The van der Waals surface area contributed by atoms with E-state index in [1.54, 1.807) is 0 Å². The van der Waals surface area contributed by atoms with E-state index in [4.69, 9.17) is 19.9 Å². The van der Waals surface area contributed by atoms with Crippen LogP contribution in [0.4, 0.5) is 0 Å². The molecule has 7 heteroatoms. The molecule has 0 radical (unpaired) electrons. The minimum absolute atomic E-state index is 0. The van der Waals surface area contributed by atoms with Crippen molar-refractivity contribution in [1.82, 2.24) is 4.90 Å². The van der Waals surface area contributed by atoms with E-state index in [1.165, 1.54) is 12.8 Å². The molecule has 1 saturated carbocycles. The van der Waals surface area contributed by atoms with Crippen molar-refractivity contribution in [2.45, 2.75) is 18.9 Å². The number of fused-ring (bicyclic) bond motifs is 1. The normalized spacial score (nSPS) is 16.3. The summed E-state index contributed by atoms with van der Waals surface area (Å²) >= 11 is 0. The zero-order valence-electron chi connectivity index (χ0n) is 11.9. The third-order valence-electron chi connectivity index (χ3n) is 3.43. The highest BCUT2D eigenvalue weighted by atomic mass is 127. The molecule has 1 aliphatic heterocycles. The highest BCUT2D eigenvalue weighted by molar-refractivity contribution is 14.0. The Hall–Kier alpha value is -1.38.